The summed E-state index contributed by atoms with van der Waals surface area (Å²) in [5.74, 6) is 0.165. The first kappa shape index (κ1) is 21.8. The number of halogens is 4. The van der Waals surface area contributed by atoms with Gasteiger partial charge in [0.15, 0.2) is 5.82 Å². The average molecular weight is 492 g/mol. The van der Waals surface area contributed by atoms with Crippen molar-refractivity contribution in [2.24, 2.45) is 0 Å². The second-order valence-electron chi connectivity index (χ2n) is 7.77. The molecule has 0 radical (unpaired) electrons. The Morgan fingerprint density at radius 2 is 1.94 bits per heavy atom. The molecule has 11 heteroatoms. The van der Waals surface area contributed by atoms with Gasteiger partial charge in [-0.05, 0) is 37.1 Å². The minimum absolute atomic E-state index is 0.0348. The largest absolute Gasteiger partial charge is 0.417 e. The van der Waals surface area contributed by atoms with E-state index in [-0.39, 0.29) is 16.8 Å². The second kappa shape index (κ2) is 8.42. The lowest BCUT2D eigenvalue weighted by Crippen LogP contribution is -2.36. The van der Waals surface area contributed by atoms with Crippen molar-refractivity contribution in [3.63, 3.8) is 0 Å². The molecule has 0 saturated carbocycles. The van der Waals surface area contributed by atoms with E-state index in [1.54, 1.807) is 11.3 Å². The molecule has 3 aromatic heterocycles. The number of rotatable bonds is 3. The Bertz CT molecular complexity index is 1340. The molecule has 0 unspecified atom stereocenters. The number of para-hydroxylation sites is 1. The summed E-state index contributed by atoms with van der Waals surface area (Å²) >= 11 is 8.08. The average Bonchev–Trinajstić information content (AvgIpc) is 3.25. The monoisotopic (exact) mass is 491 g/mol. The van der Waals surface area contributed by atoms with Crippen LogP contribution in [0.3, 0.4) is 0 Å². The van der Waals surface area contributed by atoms with E-state index in [1.807, 2.05) is 29.2 Å². The van der Waals surface area contributed by atoms with Gasteiger partial charge in [0.05, 0.1) is 32.7 Å². The summed E-state index contributed by atoms with van der Waals surface area (Å²) in [6.07, 6.45) is -0.504. The highest BCUT2D eigenvalue weighted by molar-refractivity contribution is 7.18. The van der Waals surface area contributed by atoms with E-state index >= 15 is 0 Å². The number of benzene rings is 1. The van der Waals surface area contributed by atoms with Crippen LogP contribution < -0.4 is 10.5 Å². The van der Waals surface area contributed by atoms with Gasteiger partial charge in [-0.1, -0.05) is 23.7 Å². The number of pyridine rings is 1. The highest BCUT2D eigenvalue weighted by Gasteiger charge is 2.31. The number of hydrogen-bond acceptors (Lipinski definition) is 6. The van der Waals surface area contributed by atoms with Crippen molar-refractivity contribution >= 4 is 38.8 Å². The highest BCUT2D eigenvalue weighted by atomic mass is 35.5. The summed E-state index contributed by atoms with van der Waals surface area (Å²) in [5.41, 5.74) is -0.0728. The molecule has 1 aliphatic rings. The Hall–Kier alpha value is -2.98. The molecule has 1 fully saturated rings. The zero-order valence-electron chi connectivity index (χ0n) is 17.1. The molecular formula is C22H17ClF3N5OS. The van der Waals surface area contributed by atoms with Crippen LogP contribution in [0.5, 0.6) is 0 Å². The third-order valence-electron chi connectivity index (χ3n) is 5.61. The van der Waals surface area contributed by atoms with Crippen LogP contribution in [-0.2, 0) is 6.18 Å². The van der Waals surface area contributed by atoms with Gasteiger partial charge in [-0.15, -0.1) is 11.3 Å². The first-order valence-corrected chi connectivity index (χ1v) is 11.4. The molecule has 1 atom stereocenters. The first-order valence-electron chi connectivity index (χ1n) is 10.2. The van der Waals surface area contributed by atoms with Crippen molar-refractivity contribution in [1.82, 2.24) is 19.7 Å². The zero-order valence-corrected chi connectivity index (χ0v) is 18.7. The van der Waals surface area contributed by atoms with Gasteiger partial charge in [-0.2, -0.15) is 23.0 Å². The maximum Gasteiger partial charge on any atom is 0.417 e. The Kier molecular flexibility index (Phi) is 5.57. The van der Waals surface area contributed by atoms with E-state index in [2.05, 4.69) is 10.1 Å². The predicted molar refractivity (Wildman–Crippen MR) is 121 cm³/mol. The van der Waals surface area contributed by atoms with Gasteiger partial charge in [0.2, 0.25) is 0 Å². The van der Waals surface area contributed by atoms with Crippen molar-refractivity contribution in [2.75, 3.05) is 18.0 Å². The summed E-state index contributed by atoms with van der Waals surface area (Å²) in [4.78, 5) is 23.4. The molecule has 170 valence electrons. The molecular weight excluding hydrogens is 475 g/mol. The molecule has 5 rings (SSSR count). The third kappa shape index (κ3) is 4.20. The van der Waals surface area contributed by atoms with Crippen molar-refractivity contribution < 1.29 is 13.2 Å². The summed E-state index contributed by atoms with van der Waals surface area (Å²) < 4.78 is 40.4. The van der Waals surface area contributed by atoms with E-state index in [0.29, 0.717) is 25.0 Å². The molecule has 0 amide bonds. The Morgan fingerprint density at radius 1 is 1.12 bits per heavy atom. The Morgan fingerprint density at radius 3 is 2.67 bits per heavy atom. The van der Waals surface area contributed by atoms with Crippen LogP contribution in [0.4, 0.5) is 18.9 Å². The smallest absolute Gasteiger partial charge is 0.368 e. The lowest BCUT2D eigenvalue weighted by molar-refractivity contribution is -0.137. The van der Waals surface area contributed by atoms with Crippen LogP contribution in [0.25, 0.3) is 16.0 Å². The quantitative estimate of drug-likeness (QED) is 0.389. The van der Waals surface area contributed by atoms with E-state index < -0.39 is 17.3 Å². The molecule has 0 aliphatic carbocycles. The number of nitrogens with zero attached hydrogens (tertiary/aromatic N) is 5. The van der Waals surface area contributed by atoms with Crippen LogP contribution in [-0.4, -0.2) is 32.8 Å². The Balaban J connectivity index is 1.41. The fourth-order valence-electron chi connectivity index (χ4n) is 3.95. The molecule has 33 heavy (non-hydrogen) atoms. The van der Waals surface area contributed by atoms with Gasteiger partial charge in [-0.25, -0.2) is 9.97 Å². The van der Waals surface area contributed by atoms with Crippen LogP contribution in [0.2, 0.25) is 5.02 Å². The molecule has 1 aromatic carbocycles. The second-order valence-corrected chi connectivity index (χ2v) is 9.21. The van der Waals surface area contributed by atoms with Crippen LogP contribution in [0.15, 0.2) is 53.6 Å². The van der Waals surface area contributed by atoms with E-state index in [0.717, 1.165) is 44.9 Å². The van der Waals surface area contributed by atoms with Crippen LogP contribution >= 0.6 is 22.9 Å². The molecule has 0 N–H and O–H groups in total. The topological polar surface area (TPSA) is 63.9 Å². The minimum Gasteiger partial charge on any atom is -0.368 e. The van der Waals surface area contributed by atoms with Gasteiger partial charge in [0.25, 0.3) is 5.56 Å². The van der Waals surface area contributed by atoms with Crippen molar-refractivity contribution in [3.05, 3.63) is 74.7 Å². The fourth-order valence-corrected chi connectivity index (χ4v) is 5.29. The molecule has 4 aromatic rings. The van der Waals surface area contributed by atoms with Gasteiger partial charge in [0.1, 0.15) is 5.02 Å². The summed E-state index contributed by atoms with van der Waals surface area (Å²) in [5, 5.41) is 5.13. The lowest BCUT2D eigenvalue weighted by Gasteiger charge is -2.33. The van der Waals surface area contributed by atoms with E-state index in [9.17, 15) is 18.0 Å². The zero-order chi connectivity index (χ0) is 23.2. The lowest BCUT2D eigenvalue weighted by atomic mass is 9.98. The maximum atomic E-state index is 12.9. The van der Waals surface area contributed by atoms with Crippen molar-refractivity contribution in [3.8, 4) is 5.82 Å². The molecule has 1 saturated heterocycles. The molecule has 1 aliphatic heterocycles. The fraction of sp³-hybridized carbons (Fsp3) is 0.273. The van der Waals surface area contributed by atoms with Gasteiger partial charge >= 0.3 is 6.18 Å². The minimum atomic E-state index is -4.51. The van der Waals surface area contributed by atoms with Gasteiger partial charge < -0.3 is 4.90 Å². The maximum absolute atomic E-state index is 12.9. The molecule has 0 spiro atoms. The number of piperidine rings is 1. The number of hydrogen-bond donors (Lipinski definition) is 0. The number of alkyl halides is 3. The standard InChI is InChI=1S/C22H17ClF3N5OS/c23-19-16(11-28-31(21(19)32)18-8-7-14(10-27-18)22(24,25)26)30-9-3-4-13(12-30)20-29-15-5-1-2-6-17(15)33-20/h1-2,5-8,10-11,13H,3-4,9,12H2/t13-/m1/s1. The van der Waals surface area contributed by atoms with Gasteiger partial charge in [0, 0.05) is 25.2 Å². The number of thiazole rings is 1. The summed E-state index contributed by atoms with van der Waals surface area (Å²) in [6, 6.07) is 9.94. The van der Waals surface area contributed by atoms with Crippen molar-refractivity contribution in [1.29, 1.82) is 0 Å². The molecule has 6 nitrogen and oxygen atoms in total. The first-order chi connectivity index (χ1) is 15.8. The van der Waals surface area contributed by atoms with Crippen LogP contribution in [0, 0.1) is 0 Å². The number of aromatic nitrogens is 4. The van der Waals surface area contributed by atoms with Gasteiger partial charge in [-0.3, -0.25) is 4.79 Å². The normalized spacial score (nSPS) is 17.0. The summed E-state index contributed by atoms with van der Waals surface area (Å²) in [6.45, 7) is 1.36. The van der Waals surface area contributed by atoms with E-state index in [4.69, 9.17) is 16.6 Å². The third-order valence-corrected chi connectivity index (χ3v) is 7.17. The highest BCUT2D eigenvalue weighted by Crippen LogP contribution is 2.35. The molecule has 4 heterocycles. The SMILES string of the molecule is O=c1c(Cl)c(N2CCC[C@@H](c3nc4ccccc4s3)C2)cnn1-c1ccc(C(F)(F)F)cn1. The van der Waals surface area contributed by atoms with Crippen LogP contribution in [0.1, 0.15) is 29.3 Å². The van der Waals surface area contributed by atoms with E-state index in [1.165, 1.54) is 6.20 Å². The molecule has 0 bridgehead atoms. The predicted octanol–water partition coefficient (Wildman–Crippen LogP) is 5.29. The number of fused-ring (bicyclic) bond motifs is 1. The van der Waals surface area contributed by atoms with Crippen molar-refractivity contribution in [2.45, 2.75) is 24.9 Å². The Labute approximate surface area is 195 Å². The summed E-state index contributed by atoms with van der Waals surface area (Å²) in [7, 11) is 0. The number of anilines is 1.